The van der Waals surface area contributed by atoms with Crippen LogP contribution in [0.5, 0.6) is 5.75 Å². The fraction of sp³-hybridized carbons (Fsp3) is 0.667. The third-order valence-electron chi connectivity index (χ3n) is 4.61. The highest BCUT2D eigenvalue weighted by molar-refractivity contribution is 5.45. The molecule has 148 valence electrons. The van der Waals surface area contributed by atoms with Gasteiger partial charge < -0.3 is 20.6 Å². The van der Waals surface area contributed by atoms with Crippen LogP contribution in [-0.2, 0) is 17.8 Å². The fourth-order valence-corrected chi connectivity index (χ4v) is 3.03. The average molecular weight is 364 g/mol. The first-order chi connectivity index (χ1) is 12.6. The van der Waals surface area contributed by atoms with E-state index in [9.17, 15) is 4.79 Å². The number of phenols is 1. The molecule has 0 atom stereocenters. The van der Waals surface area contributed by atoms with E-state index in [1.54, 1.807) is 6.07 Å². The monoisotopic (exact) mass is 363 g/mol. The van der Waals surface area contributed by atoms with Crippen molar-refractivity contribution in [2.75, 3.05) is 32.7 Å². The summed E-state index contributed by atoms with van der Waals surface area (Å²) < 4.78 is 0. The first-order valence-corrected chi connectivity index (χ1v) is 10.0. The second-order valence-corrected chi connectivity index (χ2v) is 7.18. The van der Waals surface area contributed by atoms with Gasteiger partial charge in [-0.15, -0.1) is 0 Å². The van der Waals surface area contributed by atoms with E-state index in [0.717, 1.165) is 44.9 Å². The molecule has 1 saturated heterocycles. The van der Waals surface area contributed by atoms with Crippen molar-refractivity contribution in [1.82, 2.24) is 15.5 Å². The lowest BCUT2D eigenvalue weighted by Gasteiger charge is -2.29. The molecule has 1 aromatic rings. The van der Waals surface area contributed by atoms with E-state index in [4.69, 9.17) is 5.11 Å². The molecule has 0 bridgehead atoms. The molecule has 2 heterocycles. The maximum Gasteiger partial charge on any atom is 0.207 e. The van der Waals surface area contributed by atoms with Gasteiger partial charge in [0.15, 0.2) is 0 Å². The highest BCUT2D eigenvalue weighted by atomic mass is 16.3. The number of likely N-dealkylation sites (tertiary alicyclic amines) is 1. The van der Waals surface area contributed by atoms with Gasteiger partial charge in [0.25, 0.3) is 0 Å². The number of aromatic hydroxyl groups is 1. The van der Waals surface area contributed by atoms with Gasteiger partial charge in [0.1, 0.15) is 5.75 Å². The molecule has 3 N–H and O–H groups in total. The molecule has 2 aliphatic heterocycles. The molecule has 0 spiro atoms. The molecule has 0 aliphatic carbocycles. The van der Waals surface area contributed by atoms with Crippen LogP contribution in [0.1, 0.15) is 51.2 Å². The molecule has 26 heavy (non-hydrogen) atoms. The topological polar surface area (TPSA) is 64.6 Å². The van der Waals surface area contributed by atoms with Crippen molar-refractivity contribution in [1.29, 1.82) is 0 Å². The van der Waals surface area contributed by atoms with Gasteiger partial charge in [-0.25, -0.2) is 0 Å². The highest BCUT2D eigenvalue weighted by Gasteiger charge is 2.14. The molecular formula is C21H37N3O2. The molecule has 3 rings (SSSR count). The number of fused-ring (bicyclic) bond motifs is 1. The van der Waals surface area contributed by atoms with Crippen molar-refractivity contribution in [3.63, 3.8) is 0 Å². The smallest absolute Gasteiger partial charge is 0.207 e. The molecule has 0 saturated carbocycles. The summed E-state index contributed by atoms with van der Waals surface area (Å²) in [5.74, 6) is 1.26. The number of piperidine rings is 1. The van der Waals surface area contributed by atoms with Crippen molar-refractivity contribution < 1.29 is 9.90 Å². The van der Waals surface area contributed by atoms with Crippen LogP contribution in [0, 0.1) is 5.92 Å². The van der Waals surface area contributed by atoms with E-state index in [0.29, 0.717) is 5.75 Å². The van der Waals surface area contributed by atoms with Gasteiger partial charge >= 0.3 is 0 Å². The lowest BCUT2D eigenvalue weighted by Crippen LogP contribution is -2.37. The summed E-state index contributed by atoms with van der Waals surface area (Å²) >= 11 is 0. The Kier molecular flexibility index (Phi) is 11.7. The first-order valence-electron chi connectivity index (χ1n) is 10.0. The zero-order valence-corrected chi connectivity index (χ0v) is 16.8. The Morgan fingerprint density at radius 2 is 1.96 bits per heavy atom. The van der Waals surface area contributed by atoms with Crippen LogP contribution in [0.4, 0.5) is 0 Å². The minimum Gasteiger partial charge on any atom is -0.508 e. The number of nitrogens with zero attached hydrogens (tertiary/aromatic N) is 1. The Labute approximate surface area is 159 Å². The van der Waals surface area contributed by atoms with Gasteiger partial charge in [0.05, 0.1) is 0 Å². The Balaban J connectivity index is 0.000000227. The van der Waals surface area contributed by atoms with Crippen molar-refractivity contribution in [2.24, 2.45) is 5.92 Å². The Morgan fingerprint density at radius 3 is 2.62 bits per heavy atom. The van der Waals surface area contributed by atoms with Crippen LogP contribution in [0.3, 0.4) is 0 Å². The molecule has 0 aromatic heterocycles. The third kappa shape index (κ3) is 9.20. The SMILES string of the molecule is CC1CCN(CCNC=O)CC1.CCC.Oc1ccc2c(c1)CNCC2. The van der Waals surface area contributed by atoms with Gasteiger partial charge in [0, 0.05) is 19.6 Å². The minimum absolute atomic E-state index is 0.368. The standard InChI is InChI=1S/C9H18N2O.C9H11NO.C3H8/c1-9-2-5-11(6-3-9)7-4-10-8-12;11-9-2-1-7-3-4-10-6-8(7)5-9;1-3-2/h8-9H,2-7H2,1H3,(H,10,12);1-2,5,10-11H,3-4,6H2;3H2,1-2H3. The Hall–Kier alpha value is -1.59. The fourth-order valence-electron chi connectivity index (χ4n) is 3.03. The van der Waals surface area contributed by atoms with Crippen LogP contribution < -0.4 is 10.6 Å². The van der Waals surface area contributed by atoms with Crippen molar-refractivity contribution in [2.45, 2.75) is 53.0 Å². The number of hydrogen-bond donors (Lipinski definition) is 3. The highest BCUT2D eigenvalue weighted by Crippen LogP contribution is 2.19. The Bertz CT molecular complexity index is 500. The molecule has 0 unspecified atom stereocenters. The third-order valence-corrected chi connectivity index (χ3v) is 4.61. The summed E-state index contributed by atoms with van der Waals surface area (Å²) in [4.78, 5) is 12.4. The first kappa shape index (κ1) is 22.5. The van der Waals surface area contributed by atoms with Crippen LogP contribution in [0.15, 0.2) is 18.2 Å². The summed E-state index contributed by atoms with van der Waals surface area (Å²) in [6.45, 7) is 12.7. The molecular weight excluding hydrogens is 326 g/mol. The van der Waals surface area contributed by atoms with Crippen LogP contribution in [0.25, 0.3) is 0 Å². The molecule has 1 aromatic carbocycles. The zero-order chi connectivity index (χ0) is 19.2. The number of amides is 1. The average Bonchev–Trinajstić information content (AvgIpc) is 2.65. The van der Waals surface area contributed by atoms with Crippen molar-refractivity contribution >= 4 is 6.41 Å². The molecule has 1 fully saturated rings. The van der Waals surface area contributed by atoms with Gasteiger partial charge in [-0.05, 0) is 68.1 Å². The summed E-state index contributed by atoms with van der Waals surface area (Å²) in [5, 5.41) is 15.1. The molecule has 5 heteroatoms. The lowest BCUT2D eigenvalue weighted by atomic mass is 9.99. The van der Waals surface area contributed by atoms with E-state index in [-0.39, 0.29) is 0 Å². The molecule has 2 aliphatic rings. The number of phenolic OH excluding ortho intramolecular Hbond substituents is 1. The molecule has 1 amide bonds. The summed E-state index contributed by atoms with van der Waals surface area (Å²) in [5.41, 5.74) is 2.60. The summed E-state index contributed by atoms with van der Waals surface area (Å²) in [7, 11) is 0. The van der Waals surface area contributed by atoms with E-state index in [1.165, 1.54) is 43.5 Å². The minimum atomic E-state index is 0.368. The number of carbonyl (C=O) groups is 1. The number of carbonyl (C=O) groups excluding carboxylic acids is 1. The van der Waals surface area contributed by atoms with E-state index in [2.05, 4.69) is 36.3 Å². The van der Waals surface area contributed by atoms with Crippen molar-refractivity contribution in [3.05, 3.63) is 29.3 Å². The number of nitrogens with one attached hydrogen (secondary N) is 2. The number of rotatable bonds is 4. The molecule has 0 radical (unpaired) electrons. The maximum absolute atomic E-state index is 9.97. The number of benzene rings is 1. The van der Waals surface area contributed by atoms with Crippen LogP contribution in [-0.4, -0.2) is 49.1 Å². The second-order valence-electron chi connectivity index (χ2n) is 7.18. The largest absolute Gasteiger partial charge is 0.508 e. The summed E-state index contributed by atoms with van der Waals surface area (Å²) in [6, 6.07) is 5.59. The Morgan fingerprint density at radius 1 is 1.27 bits per heavy atom. The lowest BCUT2D eigenvalue weighted by molar-refractivity contribution is -0.109. The van der Waals surface area contributed by atoms with Crippen LogP contribution >= 0.6 is 0 Å². The second kappa shape index (κ2) is 13.6. The number of hydrogen-bond acceptors (Lipinski definition) is 4. The van der Waals surface area contributed by atoms with Crippen molar-refractivity contribution in [3.8, 4) is 5.75 Å². The van der Waals surface area contributed by atoms with E-state index in [1.807, 2.05) is 12.1 Å². The van der Waals surface area contributed by atoms with Gasteiger partial charge in [-0.3, -0.25) is 4.79 Å². The maximum atomic E-state index is 9.97. The quantitative estimate of drug-likeness (QED) is 0.568. The molecule has 5 nitrogen and oxygen atoms in total. The van der Waals surface area contributed by atoms with E-state index >= 15 is 0 Å². The van der Waals surface area contributed by atoms with Gasteiger partial charge in [0.2, 0.25) is 6.41 Å². The zero-order valence-electron chi connectivity index (χ0n) is 16.8. The van der Waals surface area contributed by atoms with E-state index < -0.39 is 0 Å². The van der Waals surface area contributed by atoms with Gasteiger partial charge in [-0.2, -0.15) is 0 Å². The normalized spacial score (nSPS) is 17.0. The van der Waals surface area contributed by atoms with Gasteiger partial charge in [-0.1, -0.05) is 33.3 Å². The predicted molar refractivity (Wildman–Crippen MR) is 108 cm³/mol. The van der Waals surface area contributed by atoms with Crippen LogP contribution in [0.2, 0.25) is 0 Å². The summed E-state index contributed by atoms with van der Waals surface area (Å²) in [6.07, 6.45) is 5.71. The predicted octanol–water partition coefficient (Wildman–Crippen LogP) is 2.92.